The highest BCUT2D eigenvalue weighted by atomic mass is 16.5. The highest BCUT2D eigenvalue weighted by Gasteiger charge is 2.47. The van der Waals surface area contributed by atoms with Gasteiger partial charge >= 0.3 is 0 Å². The molecule has 7 aromatic rings. The predicted molar refractivity (Wildman–Crippen MR) is 245 cm³/mol. The summed E-state index contributed by atoms with van der Waals surface area (Å²) in [6, 6.07) is 45.2. The van der Waals surface area contributed by atoms with Crippen molar-refractivity contribution in [1.29, 1.82) is 0 Å². The van der Waals surface area contributed by atoms with E-state index in [1.165, 1.54) is 44.6 Å². The lowest BCUT2D eigenvalue weighted by Crippen LogP contribution is -2.61. The molecule has 4 nitrogen and oxygen atoms in total. The van der Waals surface area contributed by atoms with Crippen molar-refractivity contribution in [2.75, 3.05) is 9.80 Å². The molecule has 0 radical (unpaired) electrons. The molecule has 290 valence electrons. The number of rotatable bonds is 2. The van der Waals surface area contributed by atoms with Crippen molar-refractivity contribution in [2.24, 2.45) is 0 Å². The number of nitrogens with zero attached hydrogens (tertiary/aromatic N) is 2. The van der Waals surface area contributed by atoms with E-state index in [0.29, 0.717) is 0 Å². The fourth-order valence-corrected chi connectivity index (χ4v) is 9.59. The Morgan fingerprint density at radius 1 is 0.517 bits per heavy atom. The van der Waals surface area contributed by atoms with Crippen LogP contribution in [0.4, 0.5) is 34.1 Å². The Hall–Kier alpha value is -5.68. The second-order valence-electron chi connectivity index (χ2n) is 20.3. The summed E-state index contributed by atoms with van der Waals surface area (Å²) >= 11 is 0. The highest BCUT2D eigenvalue weighted by molar-refractivity contribution is 7.00. The zero-order valence-corrected chi connectivity index (χ0v) is 35.8. The fourth-order valence-electron chi connectivity index (χ4n) is 9.59. The van der Waals surface area contributed by atoms with Gasteiger partial charge in [-0.25, -0.2) is 0 Å². The minimum absolute atomic E-state index is 0.0297. The van der Waals surface area contributed by atoms with Gasteiger partial charge in [-0.2, -0.15) is 0 Å². The summed E-state index contributed by atoms with van der Waals surface area (Å²) in [5.41, 5.74) is 17.2. The lowest BCUT2D eigenvalue weighted by Gasteiger charge is -2.43. The predicted octanol–water partition coefficient (Wildman–Crippen LogP) is 12.8. The van der Waals surface area contributed by atoms with E-state index >= 15 is 0 Å². The molecule has 0 N–H and O–H groups in total. The number of ether oxygens (including phenoxy) is 1. The van der Waals surface area contributed by atoms with Gasteiger partial charge in [0.15, 0.2) is 0 Å². The van der Waals surface area contributed by atoms with Gasteiger partial charge in [-0.3, -0.25) is 0 Å². The highest BCUT2D eigenvalue weighted by Crippen LogP contribution is 2.52. The number of furan rings is 1. The molecule has 10 rings (SSSR count). The maximum absolute atomic E-state index is 7.38. The van der Waals surface area contributed by atoms with Crippen molar-refractivity contribution in [2.45, 2.75) is 97.8 Å². The second-order valence-corrected chi connectivity index (χ2v) is 20.3. The third kappa shape index (κ3) is 5.42. The van der Waals surface area contributed by atoms with Crippen LogP contribution < -0.4 is 31.1 Å². The van der Waals surface area contributed by atoms with E-state index in [0.717, 1.165) is 56.4 Å². The van der Waals surface area contributed by atoms with Gasteiger partial charge in [0.25, 0.3) is 6.71 Å². The van der Waals surface area contributed by atoms with E-state index in [4.69, 9.17) is 9.15 Å². The Balaban J connectivity index is 1.28. The van der Waals surface area contributed by atoms with Gasteiger partial charge in [-0.1, -0.05) is 137 Å². The standard InChI is InChI=1S/C53H53BN2O2/c1-50(2,3)32-19-24-35(25-20-32)55-41-28-23-34(52(7,8)9)29-40(41)54-47-42(55)16-14-17-43(47)56(36-26-21-33(22-27-36)51(4,5)6)48-37-30-46-39(31-45(37)58-49(48)54)53(10,11)38-15-12-13-18-44(38)57-46/h12-31H,1-11H3. The molecule has 5 heteroatoms. The monoisotopic (exact) mass is 760 g/mol. The number of hydrogen-bond donors (Lipinski definition) is 0. The summed E-state index contributed by atoms with van der Waals surface area (Å²) in [4.78, 5) is 4.93. The maximum Gasteiger partial charge on any atom is 0.297 e. The topological polar surface area (TPSA) is 28.9 Å². The first-order valence-corrected chi connectivity index (χ1v) is 20.9. The average molecular weight is 761 g/mol. The average Bonchev–Trinajstić information content (AvgIpc) is 3.54. The first kappa shape index (κ1) is 36.7. The minimum Gasteiger partial charge on any atom is -0.468 e. The molecule has 0 amide bonds. The van der Waals surface area contributed by atoms with Crippen molar-refractivity contribution in [3.05, 3.63) is 149 Å². The van der Waals surface area contributed by atoms with Crippen LogP contribution in [0.25, 0.3) is 11.0 Å². The van der Waals surface area contributed by atoms with Crippen molar-refractivity contribution >= 4 is 68.4 Å². The van der Waals surface area contributed by atoms with E-state index in [-0.39, 0.29) is 28.4 Å². The van der Waals surface area contributed by atoms with Gasteiger partial charge in [-0.15, -0.1) is 0 Å². The summed E-state index contributed by atoms with van der Waals surface area (Å²) < 4.78 is 14.1. The zero-order chi connectivity index (χ0) is 40.7. The SMILES string of the molecule is CC(C)(C)c1ccc(N2c3ccc(C(C)(C)C)cc3B3c4oc5cc6c(cc5c4N(c4ccc(C(C)(C)C)cc4)c4cccc2c43)Oc2ccccc2C6(C)C)cc1. The molecule has 0 saturated carbocycles. The molecule has 3 aliphatic rings. The molecule has 0 unspecified atom stereocenters. The van der Waals surface area contributed by atoms with Gasteiger partial charge in [0, 0.05) is 50.4 Å². The van der Waals surface area contributed by atoms with Crippen LogP contribution in [0.3, 0.4) is 0 Å². The molecule has 0 atom stereocenters. The first-order valence-electron chi connectivity index (χ1n) is 20.9. The lowest BCUT2D eigenvalue weighted by molar-refractivity contribution is 0.418. The van der Waals surface area contributed by atoms with E-state index in [1.54, 1.807) is 0 Å². The Labute approximate surface area is 344 Å². The van der Waals surface area contributed by atoms with Gasteiger partial charge in [0.1, 0.15) is 17.1 Å². The molecule has 0 saturated heterocycles. The van der Waals surface area contributed by atoms with Crippen LogP contribution in [0.5, 0.6) is 11.5 Å². The van der Waals surface area contributed by atoms with Crippen LogP contribution in [0, 0.1) is 0 Å². The third-order valence-electron chi connectivity index (χ3n) is 13.0. The molecule has 0 bridgehead atoms. The smallest absolute Gasteiger partial charge is 0.297 e. The Morgan fingerprint density at radius 3 is 1.71 bits per heavy atom. The summed E-state index contributed by atoms with van der Waals surface area (Å²) in [6.45, 7) is 25.0. The number of para-hydroxylation sites is 1. The normalized spacial score (nSPS) is 15.3. The van der Waals surface area contributed by atoms with Crippen molar-refractivity contribution in [1.82, 2.24) is 0 Å². The maximum atomic E-state index is 7.38. The quantitative estimate of drug-likeness (QED) is 0.164. The zero-order valence-electron chi connectivity index (χ0n) is 35.8. The second kappa shape index (κ2) is 12.2. The van der Waals surface area contributed by atoms with Crippen LogP contribution >= 0.6 is 0 Å². The molecule has 4 heterocycles. The Morgan fingerprint density at radius 2 is 1.09 bits per heavy atom. The van der Waals surface area contributed by atoms with Crippen molar-refractivity contribution in [3.8, 4) is 11.5 Å². The van der Waals surface area contributed by atoms with E-state index in [9.17, 15) is 0 Å². The van der Waals surface area contributed by atoms with Gasteiger partial charge in [-0.05, 0) is 105 Å². The van der Waals surface area contributed by atoms with Gasteiger partial charge in [0.05, 0.1) is 11.3 Å². The molecular weight excluding hydrogens is 707 g/mol. The summed E-state index contributed by atoms with van der Waals surface area (Å²) in [5.74, 6) is 1.79. The van der Waals surface area contributed by atoms with E-state index < -0.39 is 0 Å². The molecule has 0 aliphatic carbocycles. The molecule has 6 aromatic carbocycles. The first-order chi connectivity index (χ1) is 27.4. The van der Waals surface area contributed by atoms with Crippen LogP contribution in [-0.2, 0) is 21.7 Å². The lowest BCUT2D eigenvalue weighted by atomic mass is 9.35. The van der Waals surface area contributed by atoms with Crippen molar-refractivity contribution < 1.29 is 9.15 Å². The van der Waals surface area contributed by atoms with Crippen LogP contribution in [0.1, 0.15) is 104 Å². The molecule has 58 heavy (non-hydrogen) atoms. The summed E-state index contributed by atoms with van der Waals surface area (Å²) in [5, 5.41) is 1.05. The summed E-state index contributed by atoms with van der Waals surface area (Å²) in [7, 11) is 0. The number of benzene rings is 6. The molecule has 3 aliphatic heterocycles. The van der Waals surface area contributed by atoms with Gasteiger partial charge < -0.3 is 19.0 Å². The van der Waals surface area contributed by atoms with Crippen LogP contribution in [0.15, 0.2) is 126 Å². The van der Waals surface area contributed by atoms with Crippen LogP contribution in [-0.4, -0.2) is 6.71 Å². The summed E-state index contributed by atoms with van der Waals surface area (Å²) in [6.07, 6.45) is 0. The van der Waals surface area contributed by atoms with Crippen LogP contribution in [0.2, 0.25) is 0 Å². The molecule has 0 spiro atoms. The number of anilines is 6. The Bertz CT molecular complexity index is 2790. The minimum atomic E-state index is -0.271. The number of hydrogen-bond acceptors (Lipinski definition) is 4. The largest absolute Gasteiger partial charge is 0.468 e. The molecule has 0 fully saturated rings. The molecule has 1 aromatic heterocycles. The van der Waals surface area contributed by atoms with E-state index in [2.05, 4.69) is 207 Å². The fraction of sp³-hybridized carbons (Fsp3) is 0.283. The Kier molecular flexibility index (Phi) is 7.69. The van der Waals surface area contributed by atoms with Crippen molar-refractivity contribution in [3.63, 3.8) is 0 Å². The number of fused-ring (bicyclic) bond motifs is 8. The van der Waals surface area contributed by atoms with E-state index in [1.807, 2.05) is 0 Å². The van der Waals surface area contributed by atoms with Gasteiger partial charge in [0.2, 0.25) is 0 Å². The third-order valence-corrected chi connectivity index (χ3v) is 13.0. The molecular formula is C53H53BN2O2.